The van der Waals surface area contributed by atoms with Crippen molar-refractivity contribution in [1.82, 2.24) is 0 Å². The Bertz CT molecular complexity index is 833. The van der Waals surface area contributed by atoms with E-state index in [1.807, 2.05) is 0 Å². The normalized spacial score (nSPS) is 16.6. The summed E-state index contributed by atoms with van der Waals surface area (Å²) in [6.45, 7) is 16.3. The van der Waals surface area contributed by atoms with Crippen LogP contribution in [0.1, 0.15) is 78.0 Å². The summed E-state index contributed by atoms with van der Waals surface area (Å²) < 4.78 is 6.10. The Kier molecular flexibility index (Phi) is 7.97. The average Bonchev–Trinajstić information content (AvgIpc) is 3.31. The van der Waals surface area contributed by atoms with Gasteiger partial charge >= 0.3 is 181 Å². The Labute approximate surface area is 192 Å². The number of hydrogen-bond donors (Lipinski definition) is 0. The molecule has 0 atom stereocenters. The summed E-state index contributed by atoms with van der Waals surface area (Å²) in [7, 11) is 0. The Morgan fingerprint density at radius 1 is 0.793 bits per heavy atom. The first-order chi connectivity index (χ1) is 13.1. The molecular weight excluding hydrogens is 451 g/mol. The quantitative estimate of drug-likeness (QED) is 0.565. The molecule has 0 spiro atoms. The van der Waals surface area contributed by atoms with Crippen molar-refractivity contribution in [3.05, 3.63) is 81.7 Å². The molecule has 0 N–H and O–H groups in total. The molecule has 0 fully saturated rings. The standard InChI is InChI=1S/C17H25.2C5H5.ClH.Zr/c1-12(2)13-9-14(16(3,4)5)11-15(10-13)17(6,7)8;2*1-2-4-5-3-1;;/h1,9-11H,2-8H3;2*1-3H,4H2;1H;/q;;;;+1/p-1. The van der Waals surface area contributed by atoms with Crippen LogP contribution in [0.5, 0.6) is 0 Å². The van der Waals surface area contributed by atoms with Gasteiger partial charge in [-0.2, -0.15) is 0 Å². The molecule has 2 heteroatoms. The molecule has 0 bridgehead atoms. The number of hydrogen-bond acceptors (Lipinski definition) is 0. The summed E-state index contributed by atoms with van der Waals surface area (Å²) in [5.41, 5.74) is 6.08. The Hall–Kier alpha value is -0.907. The van der Waals surface area contributed by atoms with E-state index >= 15 is 0 Å². The molecule has 0 saturated heterocycles. The molecule has 0 aliphatic heterocycles. The van der Waals surface area contributed by atoms with Crippen molar-refractivity contribution in [2.24, 2.45) is 0 Å². The van der Waals surface area contributed by atoms with E-state index in [1.54, 1.807) is 6.56 Å². The molecule has 0 heterocycles. The first-order valence-electron chi connectivity index (χ1n) is 10.5. The fourth-order valence-corrected chi connectivity index (χ4v) is 10.1. The zero-order valence-corrected chi connectivity index (χ0v) is 22.3. The molecule has 154 valence electrons. The van der Waals surface area contributed by atoms with Crippen LogP contribution in [-0.2, 0) is 32.6 Å². The van der Waals surface area contributed by atoms with Crippen LogP contribution in [0.3, 0.4) is 0 Å². The molecule has 0 unspecified atom stereocenters. The Morgan fingerprint density at radius 3 is 1.59 bits per heavy atom. The summed E-state index contributed by atoms with van der Waals surface area (Å²) >= 11 is -1.93. The zero-order valence-electron chi connectivity index (χ0n) is 19.1. The van der Waals surface area contributed by atoms with E-state index < -0.39 is 21.8 Å². The van der Waals surface area contributed by atoms with E-state index in [2.05, 4.69) is 107 Å². The summed E-state index contributed by atoms with van der Waals surface area (Å²) in [4.78, 5) is 0. The second kappa shape index (κ2) is 9.49. The second-order valence-electron chi connectivity index (χ2n) is 10.2. The van der Waals surface area contributed by atoms with Gasteiger partial charge in [-0.3, -0.25) is 0 Å². The minimum Gasteiger partial charge on any atom is -1.00 e. The van der Waals surface area contributed by atoms with Crippen LogP contribution in [-0.4, -0.2) is 0 Å². The van der Waals surface area contributed by atoms with Gasteiger partial charge in [0.15, 0.2) is 0 Å². The molecular formula is C27H35ClZr. The van der Waals surface area contributed by atoms with Gasteiger partial charge in [-0.05, 0) is 0 Å². The van der Waals surface area contributed by atoms with Gasteiger partial charge in [0, 0.05) is 0 Å². The third kappa shape index (κ3) is 6.05. The molecule has 0 amide bonds. The number of allylic oxidation sites excluding steroid dienone is 9. The van der Waals surface area contributed by atoms with Gasteiger partial charge in [-0.15, -0.1) is 0 Å². The van der Waals surface area contributed by atoms with Crippen molar-refractivity contribution in [2.75, 3.05) is 0 Å². The first-order valence-corrected chi connectivity index (χ1v) is 14.4. The number of halogens is 1. The van der Waals surface area contributed by atoms with Crippen LogP contribution in [0, 0.1) is 0 Å². The van der Waals surface area contributed by atoms with Gasteiger partial charge in [0.2, 0.25) is 0 Å². The van der Waals surface area contributed by atoms with Crippen molar-refractivity contribution in [1.29, 1.82) is 0 Å². The predicted octanol–water partition coefficient (Wildman–Crippen LogP) is 4.95. The monoisotopic (exact) mass is 484 g/mol. The topological polar surface area (TPSA) is 0 Å². The van der Waals surface area contributed by atoms with Crippen molar-refractivity contribution in [3.8, 4) is 0 Å². The molecule has 29 heavy (non-hydrogen) atoms. The van der Waals surface area contributed by atoms with Crippen LogP contribution in [0.4, 0.5) is 0 Å². The van der Waals surface area contributed by atoms with Gasteiger partial charge in [0.1, 0.15) is 0 Å². The largest absolute Gasteiger partial charge is 1.00 e. The van der Waals surface area contributed by atoms with Gasteiger partial charge < -0.3 is 12.4 Å². The van der Waals surface area contributed by atoms with E-state index in [0.717, 1.165) is 12.8 Å². The van der Waals surface area contributed by atoms with Crippen LogP contribution >= 0.6 is 0 Å². The second-order valence-corrected chi connectivity index (χ2v) is 16.1. The Morgan fingerprint density at radius 2 is 1.24 bits per heavy atom. The average molecular weight is 486 g/mol. The SMILES string of the molecule is C/C(=[CH]\[Zr+]([C]1=CC=CC1)[C]1=CC=CC1)c1cc(C(C)(C)C)cc(C(C)(C)C)c1.[Cl-]. The summed E-state index contributed by atoms with van der Waals surface area (Å²) in [6.07, 6.45) is 16.2. The molecule has 0 radical (unpaired) electrons. The van der Waals surface area contributed by atoms with E-state index in [4.69, 9.17) is 0 Å². The number of rotatable bonds is 4. The Balaban J connectivity index is 0.00000300. The summed E-state index contributed by atoms with van der Waals surface area (Å²) in [5.74, 6) is 0. The van der Waals surface area contributed by atoms with Crippen molar-refractivity contribution >= 4 is 5.57 Å². The number of benzene rings is 1. The van der Waals surface area contributed by atoms with E-state index in [-0.39, 0.29) is 23.2 Å². The maximum atomic E-state index is 2.69. The summed E-state index contributed by atoms with van der Waals surface area (Å²) in [5, 5.41) is 0. The molecule has 1 aromatic rings. The van der Waals surface area contributed by atoms with Gasteiger partial charge in [-0.1, -0.05) is 0 Å². The molecule has 3 rings (SSSR count). The van der Waals surface area contributed by atoms with Crippen molar-refractivity contribution in [3.63, 3.8) is 0 Å². The molecule has 0 aromatic heterocycles. The van der Waals surface area contributed by atoms with Crippen LogP contribution in [0.15, 0.2) is 65.0 Å². The van der Waals surface area contributed by atoms with Crippen LogP contribution < -0.4 is 12.4 Å². The fourth-order valence-electron chi connectivity index (χ4n) is 3.71. The third-order valence-corrected chi connectivity index (χ3v) is 12.7. The minimum absolute atomic E-state index is 0. The van der Waals surface area contributed by atoms with Crippen molar-refractivity contribution in [2.45, 2.75) is 72.1 Å². The molecule has 2 aliphatic carbocycles. The van der Waals surface area contributed by atoms with E-state index in [1.165, 1.54) is 22.3 Å². The first kappa shape index (κ1) is 24.4. The van der Waals surface area contributed by atoms with Crippen LogP contribution in [0.2, 0.25) is 0 Å². The fraction of sp³-hybridized carbons (Fsp3) is 0.407. The van der Waals surface area contributed by atoms with Gasteiger partial charge in [-0.25, -0.2) is 0 Å². The summed E-state index contributed by atoms with van der Waals surface area (Å²) in [6, 6.07) is 7.29. The smallest absolute Gasteiger partial charge is 1.00 e. The predicted molar refractivity (Wildman–Crippen MR) is 121 cm³/mol. The van der Waals surface area contributed by atoms with Crippen LogP contribution in [0.25, 0.3) is 5.57 Å². The molecule has 1 aromatic carbocycles. The molecule has 0 nitrogen and oxygen atoms in total. The van der Waals surface area contributed by atoms with Gasteiger partial charge in [0.05, 0.1) is 0 Å². The van der Waals surface area contributed by atoms with E-state index in [9.17, 15) is 0 Å². The third-order valence-electron chi connectivity index (χ3n) is 5.72. The molecule has 0 saturated carbocycles. The molecule has 2 aliphatic rings. The minimum atomic E-state index is -1.93. The van der Waals surface area contributed by atoms with Gasteiger partial charge in [0.25, 0.3) is 0 Å². The zero-order chi connectivity index (χ0) is 20.5. The van der Waals surface area contributed by atoms with Crippen molar-refractivity contribution < 1.29 is 34.2 Å². The maximum absolute atomic E-state index is 2.69. The van der Waals surface area contributed by atoms with E-state index in [0.29, 0.717) is 0 Å². The maximum Gasteiger partial charge on any atom is -1.00 e.